The maximum atomic E-state index is 11.8. The second-order valence-corrected chi connectivity index (χ2v) is 5.56. The first-order chi connectivity index (χ1) is 7.78. The normalized spacial score (nSPS) is 21.1. The Balaban J connectivity index is 2.49. The van der Waals surface area contributed by atoms with Gasteiger partial charge in [-0.25, -0.2) is 4.79 Å². The van der Waals surface area contributed by atoms with Crippen LogP contribution in [0.15, 0.2) is 0 Å². The second kappa shape index (κ2) is 5.38. The van der Waals surface area contributed by atoms with Crippen molar-refractivity contribution in [3.8, 4) is 0 Å². The Morgan fingerprint density at radius 1 is 1.41 bits per heavy atom. The van der Waals surface area contributed by atoms with Gasteiger partial charge in [0.1, 0.15) is 5.60 Å². The Kier molecular flexibility index (Phi) is 4.37. The molecule has 1 heterocycles. The number of piperidine rings is 1. The number of amides is 2. The van der Waals surface area contributed by atoms with E-state index in [-0.39, 0.29) is 18.4 Å². The van der Waals surface area contributed by atoms with Gasteiger partial charge in [0, 0.05) is 19.5 Å². The molecule has 1 N–H and O–H groups in total. The van der Waals surface area contributed by atoms with Gasteiger partial charge < -0.3 is 9.64 Å². The number of carbonyl (C=O) groups excluding carboxylic acids is 2. The fourth-order valence-corrected chi connectivity index (χ4v) is 1.99. The van der Waals surface area contributed by atoms with E-state index < -0.39 is 11.5 Å². The molecule has 2 amide bonds. The Morgan fingerprint density at radius 2 is 2.06 bits per heavy atom. The van der Waals surface area contributed by atoms with Crippen molar-refractivity contribution in [1.29, 1.82) is 0 Å². The largest absolute Gasteiger partial charge is 0.444 e. The van der Waals surface area contributed by atoms with Crippen LogP contribution in [0.1, 0.15) is 40.0 Å². The van der Waals surface area contributed by atoms with Crippen molar-refractivity contribution < 1.29 is 14.3 Å². The molecule has 5 heteroatoms. The Hall–Kier alpha value is -1.26. The molecule has 1 unspecified atom stereocenters. The molecule has 0 spiro atoms. The first-order valence-electron chi connectivity index (χ1n) is 6.00. The molecular weight excluding hydrogens is 220 g/mol. The molecule has 1 rings (SSSR count). The topological polar surface area (TPSA) is 70.4 Å². The minimum Gasteiger partial charge on any atom is -0.444 e. The van der Waals surface area contributed by atoms with Crippen LogP contribution >= 0.6 is 0 Å². The summed E-state index contributed by atoms with van der Waals surface area (Å²) < 4.78 is 5.29. The lowest BCUT2D eigenvalue weighted by molar-refractivity contribution is -0.120. The number of carbonyl (C=O) groups is 2. The average Bonchev–Trinajstić information content (AvgIpc) is 2.14. The van der Waals surface area contributed by atoms with Crippen LogP contribution < -0.4 is 5.73 Å². The van der Waals surface area contributed by atoms with E-state index in [2.05, 4.69) is 0 Å². The molecule has 0 aliphatic carbocycles. The zero-order valence-corrected chi connectivity index (χ0v) is 10.8. The maximum absolute atomic E-state index is 11.8. The number of likely N-dealkylation sites (tertiary alicyclic amines) is 1. The van der Waals surface area contributed by atoms with Crippen molar-refractivity contribution in [2.45, 2.75) is 45.6 Å². The molecule has 17 heavy (non-hydrogen) atoms. The average molecular weight is 241 g/mol. The molecule has 1 atom stereocenters. The van der Waals surface area contributed by atoms with Crippen LogP contribution in [-0.4, -0.2) is 35.6 Å². The summed E-state index contributed by atoms with van der Waals surface area (Å²) in [4.78, 5) is 24.2. The molecule has 0 saturated carbocycles. The summed E-state index contributed by atoms with van der Waals surface area (Å²) in [5, 5.41) is 0. The Morgan fingerprint density at radius 3 is 2.59 bits per heavy atom. The first-order valence-corrected chi connectivity index (χ1v) is 6.00. The molecule has 1 aliphatic heterocycles. The number of rotatable bonds is 2. The van der Waals surface area contributed by atoms with Crippen molar-refractivity contribution in [1.82, 2.24) is 10.6 Å². The minimum atomic E-state index is -0.555. The van der Waals surface area contributed by atoms with Gasteiger partial charge in [0.15, 0.2) is 0 Å². The SMILES string of the molecule is CC(C)(C)OC(=O)N1CCCC(CC([NH])=O)C1. The summed E-state index contributed by atoms with van der Waals surface area (Å²) in [5.41, 5.74) is 6.47. The lowest BCUT2D eigenvalue weighted by atomic mass is 9.95. The van der Waals surface area contributed by atoms with E-state index in [0.717, 1.165) is 12.8 Å². The van der Waals surface area contributed by atoms with Crippen LogP contribution in [0.4, 0.5) is 4.79 Å². The van der Waals surface area contributed by atoms with E-state index in [9.17, 15) is 9.59 Å². The molecule has 1 fully saturated rings. The van der Waals surface area contributed by atoms with E-state index in [4.69, 9.17) is 10.5 Å². The highest BCUT2D eigenvalue weighted by atomic mass is 16.6. The predicted octanol–water partition coefficient (Wildman–Crippen LogP) is 1.83. The molecule has 0 bridgehead atoms. The highest BCUT2D eigenvalue weighted by molar-refractivity contribution is 5.73. The fraction of sp³-hybridized carbons (Fsp3) is 0.833. The van der Waals surface area contributed by atoms with Gasteiger partial charge >= 0.3 is 6.09 Å². The van der Waals surface area contributed by atoms with Gasteiger partial charge in [-0.15, -0.1) is 0 Å². The number of nitrogens with zero attached hydrogens (tertiary/aromatic N) is 1. The monoisotopic (exact) mass is 241 g/mol. The molecule has 0 aromatic rings. The van der Waals surface area contributed by atoms with Gasteiger partial charge in [0.05, 0.1) is 0 Å². The van der Waals surface area contributed by atoms with Crippen LogP contribution in [0.5, 0.6) is 0 Å². The molecule has 0 aromatic carbocycles. The standard InChI is InChI=1S/C12H21N2O3/c1-12(2,3)17-11(16)14-6-4-5-9(8-14)7-10(13)15/h9,13H,4-8H2,1-3H3. The first kappa shape index (κ1) is 13.8. The molecular formula is C12H21N2O3. The summed E-state index contributed by atoms with van der Waals surface area (Å²) in [6.45, 7) is 6.70. The zero-order valence-electron chi connectivity index (χ0n) is 10.8. The fourth-order valence-electron chi connectivity index (χ4n) is 1.99. The number of hydrogen-bond donors (Lipinski definition) is 0. The lowest BCUT2D eigenvalue weighted by Gasteiger charge is -2.33. The van der Waals surface area contributed by atoms with E-state index in [1.54, 1.807) is 4.90 Å². The molecule has 97 valence electrons. The quantitative estimate of drug-likeness (QED) is 0.740. The van der Waals surface area contributed by atoms with Crippen LogP contribution in [0.25, 0.3) is 0 Å². The Bertz CT molecular complexity index is 297. The highest BCUT2D eigenvalue weighted by Crippen LogP contribution is 2.21. The third kappa shape index (κ3) is 5.06. The highest BCUT2D eigenvalue weighted by Gasteiger charge is 2.28. The molecule has 1 radical (unpaired) electrons. The van der Waals surface area contributed by atoms with Crippen LogP contribution in [-0.2, 0) is 9.53 Å². The van der Waals surface area contributed by atoms with Crippen molar-refractivity contribution in [2.24, 2.45) is 5.92 Å². The van der Waals surface area contributed by atoms with Gasteiger partial charge in [0.2, 0.25) is 5.91 Å². The number of nitrogens with one attached hydrogen (secondary N) is 1. The van der Waals surface area contributed by atoms with Gasteiger partial charge in [-0.1, -0.05) is 0 Å². The molecule has 5 nitrogen and oxygen atoms in total. The van der Waals surface area contributed by atoms with Crippen LogP contribution in [0, 0.1) is 5.92 Å². The molecule has 0 aromatic heterocycles. The lowest BCUT2D eigenvalue weighted by Crippen LogP contribution is -2.43. The number of ether oxygens (including phenoxy) is 1. The van der Waals surface area contributed by atoms with Crippen molar-refractivity contribution in [3.05, 3.63) is 0 Å². The summed E-state index contributed by atoms with van der Waals surface area (Å²) >= 11 is 0. The summed E-state index contributed by atoms with van der Waals surface area (Å²) in [6, 6.07) is 0. The summed E-state index contributed by atoms with van der Waals surface area (Å²) in [7, 11) is 0. The third-order valence-corrected chi connectivity index (χ3v) is 2.64. The smallest absolute Gasteiger partial charge is 0.410 e. The van der Waals surface area contributed by atoms with E-state index in [1.807, 2.05) is 20.8 Å². The predicted molar refractivity (Wildman–Crippen MR) is 63.3 cm³/mol. The van der Waals surface area contributed by atoms with E-state index in [1.165, 1.54) is 0 Å². The van der Waals surface area contributed by atoms with Gasteiger partial charge in [0.25, 0.3) is 0 Å². The summed E-state index contributed by atoms with van der Waals surface area (Å²) in [5.74, 6) is -0.442. The van der Waals surface area contributed by atoms with Crippen molar-refractivity contribution in [3.63, 3.8) is 0 Å². The van der Waals surface area contributed by atoms with Gasteiger partial charge in [-0.05, 0) is 39.5 Å². The Labute approximate surface area is 102 Å². The second-order valence-electron chi connectivity index (χ2n) is 5.56. The third-order valence-electron chi connectivity index (χ3n) is 2.64. The van der Waals surface area contributed by atoms with E-state index >= 15 is 0 Å². The van der Waals surface area contributed by atoms with Crippen molar-refractivity contribution in [2.75, 3.05) is 13.1 Å². The van der Waals surface area contributed by atoms with E-state index in [0.29, 0.717) is 13.1 Å². The van der Waals surface area contributed by atoms with Gasteiger partial charge in [-0.3, -0.25) is 10.5 Å². The zero-order chi connectivity index (χ0) is 13.1. The summed E-state index contributed by atoms with van der Waals surface area (Å²) in [6.07, 6.45) is 1.69. The number of hydrogen-bond acceptors (Lipinski definition) is 3. The van der Waals surface area contributed by atoms with Crippen LogP contribution in [0.2, 0.25) is 0 Å². The maximum Gasteiger partial charge on any atom is 0.410 e. The van der Waals surface area contributed by atoms with Crippen molar-refractivity contribution >= 4 is 12.0 Å². The molecule has 1 saturated heterocycles. The minimum absolute atomic E-state index is 0.112. The molecule has 1 aliphatic rings. The van der Waals surface area contributed by atoms with Crippen LogP contribution in [0.3, 0.4) is 0 Å². The van der Waals surface area contributed by atoms with Gasteiger partial charge in [-0.2, -0.15) is 0 Å².